The zero-order valence-corrected chi connectivity index (χ0v) is 12.5. The Bertz CT molecular complexity index is 426. The summed E-state index contributed by atoms with van der Waals surface area (Å²) in [6.45, 7) is 4.15. The minimum atomic E-state index is -4.48. The second kappa shape index (κ2) is 7.56. The van der Waals surface area contributed by atoms with Crippen molar-refractivity contribution in [1.29, 1.82) is 0 Å². The quantitative estimate of drug-likeness (QED) is 0.807. The van der Waals surface area contributed by atoms with Gasteiger partial charge in [-0.05, 0) is 32.3 Å². The molecule has 8 heteroatoms. The normalized spacial score (nSPS) is 13.1. The Hall–Kier alpha value is -1.18. The number of thioether (sulfide) groups is 1. The fraction of sp³-hybridized carbons (Fsp3) is 0.667. The van der Waals surface area contributed by atoms with Gasteiger partial charge < -0.3 is 10.6 Å². The number of anilines is 2. The first kappa shape index (κ1) is 16.9. The van der Waals surface area contributed by atoms with Crippen molar-refractivity contribution in [3.05, 3.63) is 11.8 Å². The largest absolute Gasteiger partial charge is 0.433 e. The highest BCUT2D eigenvalue weighted by molar-refractivity contribution is 7.98. The van der Waals surface area contributed by atoms with Crippen molar-refractivity contribution in [1.82, 2.24) is 9.97 Å². The first-order valence-corrected chi connectivity index (χ1v) is 7.71. The van der Waals surface area contributed by atoms with Crippen LogP contribution in [0.25, 0.3) is 0 Å². The lowest BCUT2D eigenvalue weighted by Gasteiger charge is -2.16. The van der Waals surface area contributed by atoms with Gasteiger partial charge in [0.2, 0.25) is 5.95 Å². The van der Waals surface area contributed by atoms with Gasteiger partial charge >= 0.3 is 6.18 Å². The van der Waals surface area contributed by atoms with Gasteiger partial charge in [-0.15, -0.1) is 0 Å². The molecule has 0 bridgehead atoms. The number of nitrogens with zero attached hydrogens (tertiary/aromatic N) is 2. The molecule has 1 aromatic rings. The number of halogens is 3. The third-order valence-electron chi connectivity index (χ3n) is 2.50. The highest BCUT2D eigenvalue weighted by Crippen LogP contribution is 2.29. The SMILES string of the molecule is CCNc1nc(NC(C)CCSC)cc(C(F)(F)F)n1. The van der Waals surface area contributed by atoms with Crippen molar-refractivity contribution < 1.29 is 13.2 Å². The van der Waals surface area contributed by atoms with Gasteiger partial charge in [0.15, 0.2) is 5.69 Å². The standard InChI is InChI=1S/C12H19F3N4S/c1-4-16-11-18-9(12(13,14)15)7-10(19-11)17-8(2)5-6-20-3/h7-8H,4-6H2,1-3H3,(H2,16,17,18,19). The number of nitrogens with one attached hydrogen (secondary N) is 2. The Morgan fingerprint density at radius 3 is 2.60 bits per heavy atom. The summed E-state index contributed by atoms with van der Waals surface area (Å²) in [7, 11) is 0. The molecule has 1 aromatic heterocycles. The molecule has 0 aliphatic carbocycles. The van der Waals surface area contributed by atoms with Gasteiger partial charge in [0.1, 0.15) is 5.82 Å². The Morgan fingerprint density at radius 1 is 1.35 bits per heavy atom. The van der Waals surface area contributed by atoms with E-state index in [0.717, 1.165) is 18.2 Å². The molecule has 0 fully saturated rings. The average Bonchev–Trinajstić information content (AvgIpc) is 2.35. The van der Waals surface area contributed by atoms with Gasteiger partial charge in [0.05, 0.1) is 0 Å². The maximum atomic E-state index is 12.8. The van der Waals surface area contributed by atoms with Gasteiger partial charge in [-0.1, -0.05) is 0 Å². The number of alkyl halides is 3. The summed E-state index contributed by atoms with van der Waals surface area (Å²) in [5.74, 6) is 1.12. The molecule has 0 amide bonds. The van der Waals surface area contributed by atoms with Crippen molar-refractivity contribution in [2.75, 3.05) is 29.2 Å². The summed E-state index contributed by atoms with van der Waals surface area (Å²) < 4.78 is 38.3. The summed E-state index contributed by atoms with van der Waals surface area (Å²) in [5.41, 5.74) is -0.942. The van der Waals surface area contributed by atoms with Crippen LogP contribution < -0.4 is 10.6 Å². The first-order chi connectivity index (χ1) is 9.36. The molecule has 1 heterocycles. The Kier molecular flexibility index (Phi) is 6.38. The summed E-state index contributed by atoms with van der Waals surface area (Å²) >= 11 is 1.69. The van der Waals surface area contributed by atoms with Gasteiger partial charge in [-0.2, -0.15) is 29.9 Å². The maximum Gasteiger partial charge on any atom is 0.433 e. The second-order valence-corrected chi connectivity index (χ2v) is 5.30. The molecule has 114 valence electrons. The average molecular weight is 308 g/mol. The monoisotopic (exact) mass is 308 g/mol. The Balaban J connectivity index is 2.91. The number of hydrogen-bond acceptors (Lipinski definition) is 5. The van der Waals surface area contributed by atoms with Crippen LogP contribution in [0.3, 0.4) is 0 Å². The second-order valence-electron chi connectivity index (χ2n) is 4.32. The molecular formula is C12H19F3N4S. The van der Waals surface area contributed by atoms with Crippen LogP contribution in [-0.4, -0.2) is 34.6 Å². The summed E-state index contributed by atoms with van der Waals surface area (Å²) in [6.07, 6.45) is -1.64. The topological polar surface area (TPSA) is 49.8 Å². The van der Waals surface area contributed by atoms with Crippen LogP contribution in [0.2, 0.25) is 0 Å². The van der Waals surface area contributed by atoms with Crippen molar-refractivity contribution in [2.45, 2.75) is 32.5 Å². The van der Waals surface area contributed by atoms with E-state index in [1.807, 2.05) is 13.2 Å². The predicted molar refractivity (Wildman–Crippen MR) is 77.3 cm³/mol. The lowest BCUT2D eigenvalue weighted by Crippen LogP contribution is -2.19. The molecule has 0 radical (unpaired) electrons. The third-order valence-corrected chi connectivity index (χ3v) is 3.14. The molecule has 0 aliphatic heterocycles. The maximum absolute atomic E-state index is 12.8. The highest BCUT2D eigenvalue weighted by Gasteiger charge is 2.33. The van der Waals surface area contributed by atoms with Gasteiger partial charge in [0.25, 0.3) is 0 Å². The van der Waals surface area contributed by atoms with Crippen molar-refractivity contribution in [3.8, 4) is 0 Å². The van der Waals surface area contributed by atoms with Gasteiger partial charge in [0, 0.05) is 18.7 Å². The van der Waals surface area contributed by atoms with Gasteiger partial charge in [-0.3, -0.25) is 0 Å². The molecule has 0 aromatic carbocycles. The molecule has 1 atom stereocenters. The van der Waals surface area contributed by atoms with E-state index in [1.54, 1.807) is 18.7 Å². The minimum absolute atomic E-state index is 0.0121. The molecule has 1 rings (SSSR count). The summed E-state index contributed by atoms with van der Waals surface area (Å²) in [4.78, 5) is 7.52. The summed E-state index contributed by atoms with van der Waals surface area (Å²) in [6, 6.07) is 0.990. The molecule has 4 nitrogen and oxygen atoms in total. The zero-order chi connectivity index (χ0) is 15.2. The minimum Gasteiger partial charge on any atom is -0.367 e. The molecule has 0 saturated heterocycles. The van der Waals surface area contributed by atoms with Crippen LogP contribution in [0, 0.1) is 0 Å². The fourth-order valence-corrected chi connectivity index (χ4v) is 2.11. The smallest absolute Gasteiger partial charge is 0.367 e. The van der Waals surface area contributed by atoms with Crippen LogP contribution in [0.1, 0.15) is 26.0 Å². The van der Waals surface area contributed by atoms with E-state index in [4.69, 9.17) is 0 Å². The first-order valence-electron chi connectivity index (χ1n) is 6.32. The van der Waals surface area contributed by atoms with Crippen molar-refractivity contribution >= 4 is 23.5 Å². The van der Waals surface area contributed by atoms with Crippen molar-refractivity contribution in [2.24, 2.45) is 0 Å². The van der Waals surface area contributed by atoms with Crippen LogP contribution in [-0.2, 0) is 6.18 Å². The van der Waals surface area contributed by atoms with E-state index in [0.29, 0.717) is 6.54 Å². The summed E-state index contributed by atoms with van der Waals surface area (Å²) in [5, 5.41) is 5.69. The van der Waals surface area contributed by atoms with Crippen LogP contribution >= 0.6 is 11.8 Å². The lowest BCUT2D eigenvalue weighted by atomic mass is 10.2. The Labute approximate surface area is 121 Å². The van der Waals surface area contributed by atoms with E-state index in [-0.39, 0.29) is 17.8 Å². The molecule has 0 saturated carbocycles. The van der Waals surface area contributed by atoms with Crippen LogP contribution in [0.4, 0.5) is 24.9 Å². The molecule has 20 heavy (non-hydrogen) atoms. The van der Waals surface area contributed by atoms with Crippen LogP contribution in [0.5, 0.6) is 0 Å². The fourth-order valence-electron chi connectivity index (χ4n) is 1.52. The molecule has 2 N–H and O–H groups in total. The lowest BCUT2D eigenvalue weighted by molar-refractivity contribution is -0.141. The predicted octanol–water partition coefficient (Wildman–Crippen LogP) is 3.48. The highest BCUT2D eigenvalue weighted by atomic mass is 32.2. The Morgan fingerprint density at radius 2 is 2.05 bits per heavy atom. The van der Waals surface area contributed by atoms with E-state index < -0.39 is 11.9 Å². The van der Waals surface area contributed by atoms with E-state index in [9.17, 15) is 13.2 Å². The van der Waals surface area contributed by atoms with Crippen molar-refractivity contribution in [3.63, 3.8) is 0 Å². The molecule has 0 aliphatic rings. The van der Waals surface area contributed by atoms with Crippen LogP contribution in [0.15, 0.2) is 6.07 Å². The van der Waals surface area contributed by atoms with E-state index in [1.165, 1.54) is 0 Å². The molecule has 1 unspecified atom stereocenters. The number of rotatable bonds is 7. The van der Waals surface area contributed by atoms with Gasteiger partial charge in [-0.25, -0.2) is 4.98 Å². The number of hydrogen-bond donors (Lipinski definition) is 2. The zero-order valence-electron chi connectivity index (χ0n) is 11.7. The van der Waals surface area contributed by atoms with E-state index >= 15 is 0 Å². The molecular weight excluding hydrogens is 289 g/mol. The molecule has 0 spiro atoms. The third kappa shape index (κ3) is 5.44. The number of aromatic nitrogens is 2. The van der Waals surface area contributed by atoms with E-state index in [2.05, 4.69) is 20.6 Å².